The molecule has 1 aromatic carbocycles. The van der Waals surface area contributed by atoms with E-state index in [1.807, 2.05) is 7.05 Å². The molecule has 1 N–H and O–H groups in total. The summed E-state index contributed by atoms with van der Waals surface area (Å²) in [6.45, 7) is 3.06. The predicted molar refractivity (Wildman–Crippen MR) is 71.0 cm³/mol. The van der Waals surface area contributed by atoms with E-state index < -0.39 is 0 Å². The van der Waals surface area contributed by atoms with Gasteiger partial charge in [0.1, 0.15) is 0 Å². The number of hydrogen-bond acceptors (Lipinski definition) is 3. The first-order chi connectivity index (χ1) is 7.63. The highest BCUT2D eigenvalue weighted by Gasteiger charge is 2.01. The van der Waals surface area contributed by atoms with E-state index in [0.717, 1.165) is 19.6 Å². The Kier molecular flexibility index (Phi) is 5.29. The number of nitrogens with zero attached hydrogens (tertiary/aromatic N) is 2. The molecule has 90 valence electrons. The summed E-state index contributed by atoms with van der Waals surface area (Å²) in [5, 5.41) is 3.15. The highest BCUT2D eigenvalue weighted by molar-refractivity contribution is 5.46. The molecule has 0 spiro atoms. The standard InChI is InChI=1S/C13H23N3/c1-14-11-12-5-7-13(8-6-12)16(4)10-9-15(2)3/h5-8,14H,9-11H2,1-4H3. The number of anilines is 1. The third kappa shape index (κ3) is 4.21. The third-order valence-electron chi connectivity index (χ3n) is 2.64. The van der Waals surface area contributed by atoms with Crippen LogP contribution < -0.4 is 10.2 Å². The summed E-state index contributed by atoms with van der Waals surface area (Å²) in [4.78, 5) is 4.48. The molecule has 0 bridgehead atoms. The molecule has 0 unspecified atom stereocenters. The minimum atomic E-state index is 0.932. The lowest BCUT2D eigenvalue weighted by Gasteiger charge is -2.21. The highest BCUT2D eigenvalue weighted by Crippen LogP contribution is 2.13. The Hall–Kier alpha value is -1.06. The normalized spacial score (nSPS) is 10.8. The van der Waals surface area contributed by atoms with Gasteiger partial charge in [0.05, 0.1) is 0 Å². The van der Waals surface area contributed by atoms with Crippen molar-refractivity contribution < 1.29 is 0 Å². The van der Waals surface area contributed by atoms with Crippen LogP contribution in [0.25, 0.3) is 0 Å². The van der Waals surface area contributed by atoms with Crippen molar-refractivity contribution in [2.24, 2.45) is 0 Å². The van der Waals surface area contributed by atoms with Crippen LogP contribution >= 0.6 is 0 Å². The van der Waals surface area contributed by atoms with Crippen molar-refractivity contribution in [1.82, 2.24) is 10.2 Å². The van der Waals surface area contributed by atoms with Crippen molar-refractivity contribution in [3.05, 3.63) is 29.8 Å². The molecule has 0 aromatic heterocycles. The monoisotopic (exact) mass is 221 g/mol. The average molecular weight is 221 g/mol. The van der Waals surface area contributed by atoms with Crippen LogP contribution in [0.2, 0.25) is 0 Å². The highest BCUT2D eigenvalue weighted by atomic mass is 15.1. The van der Waals surface area contributed by atoms with E-state index in [1.165, 1.54) is 11.3 Å². The fourth-order valence-electron chi connectivity index (χ4n) is 1.55. The summed E-state index contributed by atoms with van der Waals surface area (Å²) in [5.74, 6) is 0. The van der Waals surface area contributed by atoms with E-state index in [-0.39, 0.29) is 0 Å². The van der Waals surface area contributed by atoms with E-state index in [2.05, 4.69) is 60.5 Å². The summed E-state index contributed by atoms with van der Waals surface area (Å²) in [7, 11) is 8.31. The van der Waals surface area contributed by atoms with E-state index >= 15 is 0 Å². The summed E-state index contributed by atoms with van der Waals surface area (Å²) >= 11 is 0. The van der Waals surface area contributed by atoms with Crippen molar-refractivity contribution in [1.29, 1.82) is 0 Å². The van der Waals surface area contributed by atoms with Gasteiger partial charge in [0.25, 0.3) is 0 Å². The van der Waals surface area contributed by atoms with Crippen LogP contribution in [-0.4, -0.2) is 46.2 Å². The van der Waals surface area contributed by atoms with Gasteiger partial charge in [0.15, 0.2) is 0 Å². The van der Waals surface area contributed by atoms with Crippen LogP contribution in [0.5, 0.6) is 0 Å². The van der Waals surface area contributed by atoms with Gasteiger partial charge in [-0.3, -0.25) is 0 Å². The average Bonchev–Trinajstić information content (AvgIpc) is 2.27. The molecule has 16 heavy (non-hydrogen) atoms. The zero-order valence-corrected chi connectivity index (χ0v) is 10.8. The molecule has 0 aliphatic rings. The molecule has 3 nitrogen and oxygen atoms in total. The smallest absolute Gasteiger partial charge is 0.0364 e. The Balaban J connectivity index is 2.52. The molecule has 0 amide bonds. The van der Waals surface area contributed by atoms with Gasteiger partial charge in [0, 0.05) is 32.4 Å². The molecule has 0 fully saturated rings. The molecular weight excluding hydrogens is 198 g/mol. The molecule has 0 atom stereocenters. The van der Waals surface area contributed by atoms with E-state index in [0.29, 0.717) is 0 Å². The first-order valence-corrected chi connectivity index (χ1v) is 5.73. The van der Waals surface area contributed by atoms with Gasteiger partial charge in [-0.2, -0.15) is 0 Å². The van der Waals surface area contributed by atoms with Crippen molar-refractivity contribution >= 4 is 5.69 Å². The largest absolute Gasteiger partial charge is 0.373 e. The van der Waals surface area contributed by atoms with Gasteiger partial charge >= 0.3 is 0 Å². The third-order valence-corrected chi connectivity index (χ3v) is 2.64. The first kappa shape index (κ1) is 13.0. The van der Waals surface area contributed by atoms with Crippen LogP contribution in [0.15, 0.2) is 24.3 Å². The fraction of sp³-hybridized carbons (Fsp3) is 0.538. The Morgan fingerprint density at radius 1 is 1.00 bits per heavy atom. The van der Waals surface area contributed by atoms with Crippen LogP contribution in [-0.2, 0) is 6.54 Å². The summed E-state index contributed by atoms with van der Waals surface area (Å²) < 4.78 is 0. The zero-order valence-electron chi connectivity index (χ0n) is 10.8. The van der Waals surface area contributed by atoms with Gasteiger partial charge in [-0.25, -0.2) is 0 Å². The molecule has 0 heterocycles. The van der Waals surface area contributed by atoms with E-state index in [9.17, 15) is 0 Å². The predicted octanol–water partition coefficient (Wildman–Crippen LogP) is 1.40. The number of hydrogen-bond donors (Lipinski definition) is 1. The molecule has 0 aliphatic heterocycles. The second kappa shape index (κ2) is 6.51. The van der Waals surface area contributed by atoms with Gasteiger partial charge in [0.2, 0.25) is 0 Å². The van der Waals surface area contributed by atoms with Gasteiger partial charge in [-0.15, -0.1) is 0 Å². The fourth-order valence-corrected chi connectivity index (χ4v) is 1.55. The Morgan fingerprint density at radius 2 is 1.62 bits per heavy atom. The molecule has 0 saturated heterocycles. The first-order valence-electron chi connectivity index (χ1n) is 5.73. The van der Waals surface area contributed by atoms with Crippen LogP contribution in [0, 0.1) is 0 Å². The summed E-state index contributed by atoms with van der Waals surface area (Å²) in [5.41, 5.74) is 2.61. The van der Waals surface area contributed by atoms with Crippen LogP contribution in [0.3, 0.4) is 0 Å². The van der Waals surface area contributed by atoms with Crippen LogP contribution in [0.4, 0.5) is 5.69 Å². The number of likely N-dealkylation sites (N-methyl/N-ethyl adjacent to an activating group) is 2. The lowest BCUT2D eigenvalue weighted by atomic mass is 10.2. The second-order valence-corrected chi connectivity index (χ2v) is 4.42. The minimum absolute atomic E-state index is 0.932. The van der Waals surface area contributed by atoms with Crippen LogP contribution in [0.1, 0.15) is 5.56 Å². The Morgan fingerprint density at radius 3 is 2.12 bits per heavy atom. The van der Waals surface area contributed by atoms with Gasteiger partial charge < -0.3 is 15.1 Å². The second-order valence-electron chi connectivity index (χ2n) is 4.42. The maximum atomic E-state index is 3.15. The number of benzene rings is 1. The topological polar surface area (TPSA) is 18.5 Å². The molecule has 0 radical (unpaired) electrons. The summed E-state index contributed by atoms with van der Waals surface area (Å²) in [6.07, 6.45) is 0. The molecule has 3 heteroatoms. The maximum Gasteiger partial charge on any atom is 0.0364 e. The van der Waals surface area contributed by atoms with Crippen molar-refractivity contribution in [2.75, 3.05) is 46.2 Å². The lowest BCUT2D eigenvalue weighted by Crippen LogP contribution is -2.28. The summed E-state index contributed by atoms with van der Waals surface area (Å²) in [6, 6.07) is 8.72. The molecular formula is C13H23N3. The number of nitrogens with one attached hydrogen (secondary N) is 1. The zero-order chi connectivity index (χ0) is 12.0. The van der Waals surface area contributed by atoms with Crippen molar-refractivity contribution in [3.63, 3.8) is 0 Å². The minimum Gasteiger partial charge on any atom is -0.373 e. The number of rotatable bonds is 6. The quantitative estimate of drug-likeness (QED) is 0.783. The lowest BCUT2D eigenvalue weighted by molar-refractivity contribution is 0.416. The van der Waals surface area contributed by atoms with Crippen molar-refractivity contribution in [2.45, 2.75) is 6.54 Å². The van der Waals surface area contributed by atoms with E-state index in [1.54, 1.807) is 0 Å². The maximum absolute atomic E-state index is 3.15. The Bertz CT molecular complexity index is 293. The molecule has 0 saturated carbocycles. The molecule has 1 rings (SSSR count). The molecule has 1 aromatic rings. The van der Waals surface area contributed by atoms with Gasteiger partial charge in [-0.1, -0.05) is 12.1 Å². The van der Waals surface area contributed by atoms with E-state index in [4.69, 9.17) is 0 Å². The Labute approximate surface area is 99.1 Å². The molecule has 0 aliphatic carbocycles. The SMILES string of the molecule is CNCc1ccc(N(C)CCN(C)C)cc1. The van der Waals surface area contributed by atoms with Crippen molar-refractivity contribution in [3.8, 4) is 0 Å². The van der Waals surface area contributed by atoms with Gasteiger partial charge in [-0.05, 0) is 38.8 Å².